The van der Waals surface area contributed by atoms with Crippen LogP contribution in [-0.4, -0.2) is 45.5 Å². The van der Waals surface area contributed by atoms with Gasteiger partial charge in [0.25, 0.3) is 11.8 Å². The maximum Gasteiger partial charge on any atom is 0.416 e. The van der Waals surface area contributed by atoms with Crippen molar-refractivity contribution in [1.29, 1.82) is 0 Å². The zero-order valence-corrected chi connectivity index (χ0v) is 17.5. The van der Waals surface area contributed by atoms with E-state index in [-0.39, 0.29) is 5.91 Å². The molecule has 0 bridgehead atoms. The Kier molecular flexibility index (Phi) is 6.27. The lowest BCUT2D eigenvalue weighted by molar-refractivity contribution is -0.137. The lowest BCUT2D eigenvalue weighted by Crippen LogP contribution is -2.38. The van der Waals surface area contributed by atoms with Gasteiger partial charge in [0.1, 0.15) is 6.04 Å². The van der Waals surface area contributed by atoms with Crippen molar-refractivity contribution in [3.05, 3.63) is 83.0 Å². The smallest absolute Gasteiger partial charge is 0.337 e. The highest BCUT2D eigenvalue weighted by Gasteiger charge is 2.34. The molecule has 0 radical (unpaired) electrons. The highest BCUT2D eigenvalue weighted by Crippen LogP contribution is 2.30. The van der Waals surface area contributed by atoms with E-state index in [1.165, 1.54) is 12.1 Å². The summed E-state index contributed by atoms with van der Waals surface area (Å²) in [7, 11) is 0. The number of carbonyl (C=O) groups is 1. The molecule has 1 atom stereocenters. The Morgan fingerprint density at radius 3 is 2.44 bits per heavy atom. The van der Waals surface area contributed by atoms with Crippen molar-refractivity contribution in [2.24, 2.45) is 0 Å². The molecule has 32 heavy (non-hydrogen) atoms. The molecule has 2 heterocycles. The molecule has 168 valence electrons. The molecule has 1 unspecified atom stereocenters. The third-order valence-electron chi connectivity index (χ3n) is 5.48. The van der Waals surface area contributed by atoms with Gasteiger partial charge >= 0.3 is 6.18 Å². The average molecular weight is 444 g/mol. The minimum Gasteiger partial charge on any atom is -0.337 e. The molecule has 4 rings (SSSR count). The van der Waals surface area contributed by atoms with Crippen LogP contribution in [-0.2, 0) is 12.7 Å². The Morgan fingerprint density at radius 1 is 1.09 bits per heavy atom. The molecule has 9 heteroatoms. The van der Waals surface area contributed by atoms with Gasteiger partial charge in [0.2, 0.25) is 0 Å². The highest BCUT2D eigenvalue weighted by molar-refractivity contribution is 5.94. The van der Waals surface area contributed by atoms with Crippen molar-refractivity contribution in [3.63, 3.8) is 0 Å². The molecule has 0 aliphatic carbocycles. The maximum absolute atomic E-state index is 13.3. The van der Waals surface area contributed by atoms with Crippen LogP contribution in [0.5, 0.6) is 0 Å². The summed E-state index contributed by atoms with van der Waals surface area (Å²) in [5.74, 6) is 0.708. The fourth-order valence-corrected chi connectivity index (χ4v) is 3.91. The fraction of sp³-hybridized carbons (Fsp3) is 0.348. The number of rotatable bonds is 4. The van der Waals surface area contributed by atoms with Crippen LogP contribution in [0.4, 0.5) is 13.2 Å². The van der Waals surface area contributed by atoms with Crippen LogP contribution in [0, 0.1) is 6.92 Å². The summed E-state index contributed by atoms with van der Waals surface area (Å²) in [6.45, 7) is 3.79. The number of halogens is 3. The Bertz CT molecular complexity index is 1050. The molecule has 1 saturated heterocycles. The second-order valence-electron chi connectivity index (χ2n) is 7.84. The van der Waals surface area contributed by atoms with Crippen molar-refractivity contribution >= 4 is 5.91 Å². The molecule has 1 aromatic heterocycles. The van der Waals surface area contributed by atoms with Gasteiger partial charge in [0, 0.05) is 31.7 Å². The molecule has 0 spiro atoms. The summed E-state index contributed by atoms with van der Waals surface area (Å²) in [4.78, 5) is 21.5. The van der Waals surface area contributed by atoms with Crippen molar-refractivity contribution in [2.45, 2.75) is 32.1 Å². The van der Waals surface area contributed by atoms with Crippen molar-refractivity contribution in [2.75, 3.05) is 19.6 Å². The van der Waals surface area contributed by atoms with Gasteiger partial charge in [-0.3, -0.25) is 9.69 Å². The summed E-state index contributed by atoms with van der Waals surface area (Å²) in [5.41, 5.74) is 0.669. The number of carbonyl (C=O) groups excluding carboxylic acids is 1. The van der Waals surface area contributed by atoms with E-state index >= 15 is 0 Å². The predicted molar refractivity (Wildman–Crippen MR) is 111 cm³/mol. The fourth-order valence-electron chi connectivity index (χ4n) is 3.91. The highest BCUT2D eigenvalue weighted by atomic mass is 19.4. The third kappa shape index (κ3) is 4.99. The van der Waals surface area contributed by atoms with Crippen LogP contribution in [0.15, 0.2) is 59.1 Å². The summed E-state index contributed by atoms with van der Waals surface area (Å²) >= 11 is 0. The molecule has 0 saturated carbocycles. The Morgan fingerprint density at radius 2 is 1.81 bits per heavy atom. The molecule has 1 aliphatic heterocycles. The van der Waals surface area contributed by atoms with Gasteiger partial charge in [-0.1, -0.05) is 35.5 Å². The zero-order chi connectivity index (χ0) is 22.7. The van der Waals surface area contributed by atoms with E-state index in [2.05, 4.69) is 15.0 Å². The molecule has 1 aliphatic rings. The number of alkyl halides is 3. The van der Waals surface area contributed by atoms with Gasteiger partial charge in [-0.2, -0.15) is 18.2 Å². The quantitative estimate of drug-likeness (QED) is 0.594. The molecule has 2 aromatic carbocycles. The Balaban J connectivity index is 1.56. The first kappa shape index (κ1) is 22.0. The first-order valence-electron chi connectivity index (χ1n) is 10.4. The largest absolute Gasteiger partial charge is 0.416 e. The first-order chi connectivity index (χ1) is 15.3. The number of hydrogen-bond donors (Lipinski definition) is 0. The van der Waals surface area contributed by atoms with Crippen molar-refractivity contribution < 1.29 is 22.5 Å². The molecular formula is C23H23F3N4O2. The van der Waals surface area contributed by atoms with E-state index in [1.54, 1.807) is 24.0 Å². The number of amides is 1. The van der Waals surface area contributed by atoms with Crippen LogP contribution < -0.4 is 0 Å². The van der Waals surface area contributed by atoms with Crippen LogP contribution in [0.25, 0.3) is 0 Å². The monoisotopic (exact) mass is 444 g/mol. The van der Waals surface area contributed by atoms with E-state index in [4.69, 9.17) is 4.52 Å². The Hall–Kier alpha value is -3.20. The SMILES string of the molecule is Cc1noc(C2CN(Cc3ccc(C(F)(F)F)cc3)CCCN2C(=O)c2ccccc2)n1. The zero-order valence-electron chi connectivity index (χ0n) is 17.5. The standard InChI is InChI=1S/C23H23F3N4O2/c1-16-27-21(32-28-16)20-15-29(14-17-8-10-19(11-9-17)23(24,25)26)12-5-13-30(20)22(31)18-6-3-2-4-7-18/h2-4,6-11,20H,5,12-15H2,1H3. The molecule has 6 nitrogen and oxygen atoms in total. The number of aryl methyl sites for hydroxylation is 1. The number of nitrogens with zero attached hydrogens (tertiary/aromatic N) is 4. The minimum absolute atomic E-state index is 0.122. The summed E-state index contributed by atoms with van der Waals surface area (Å²) < 4.78 is 44.0. The maximum atomic E-state index is 13.3. The van der Waals surface area contributed by atoms with Crippen molar-refractivity contribution in [3.8, 4) is 0 Å². The summed E-state index contributed by atoms with van der Waals surface area (Å²) in [6, 6.07) is 13.7. The minimum atomic E-state index is -4.36. The lowest BCUT2D eigenvalue weighted by atomic mass is 10.1. The van der Waals surface area contributed by atoms with Crippen LogP contribution in [0.2, 0.25) is 0 Å². The number of benzene rings is 2. The number of hydrogen-bond acceptors (Lipinski definition) is 5. The van der Waals surface area contributed by atoms with Gasteiger partial charge in [0.05, 0.1) is 5.56 Å². The normalized spacial score (nSPS) is 17.9. The summed E-state index contributed by atoms with van der Waals surface area (Å²) in [6.07, 6.45) is -3.65. The van der Waals surface area contributed by atoms with E-state index in [0.717, 1.165) is 17.7 Å². The van der Waals surface area contributed by atoms with Crippen LogP contribution >= 0.6 is 0 Å². The predicted octanol–water partition coefficient (Wildman–Crippen LogP) is 4.49. The van der Waals surface area contributed by atoms with Crippen LogP contribution in [0.3, 0.4) is 0 Å². The van der Waals surface area contributed by atoms with E-state index in [0.29, 0.717) is 49.9 Å². The van der Waals surface area contributed by atoms with Gasteiger partial charge in [-0.05, 0) is 43.2 Å². The van der Waals surface area contributed by atoms with Crippen molar-refractivity contribution in [1.82, 2.24) is 19.9 Å². The molecule has 1 amide bonds. The topological polar surface area (TPSA) is 62.5 Å². The number of aromatic nitrogens is 2. The molecule has 1 fully saturated rings. The molecule has 3 aromatic rings. The van der Waals surface area contributed by atoms with E-state index < -0.39 is 17.8 Å². The summed E-state index contributed by atoms with van der Waals surface area (Å²) in [5, 5.41) is 3.88. The second-order valence-corrected chi connectivity index (χ2v) is 7.84. The Labute approximate surface area is 183 Å². The third-order valence-corrected chi connectivity index (χ3v) is 5.48. The lowest BCUT2D eigenvalue weighted by Gasteiger charge is -2.29. The average Bonchev–Trinajstić information content (AvgIpc) is 3.10. The van der Waals surface area contributed by atoms with Crippen LogP contribution in [0.1, 0.15) is 45.7 Å². The van der Waals surface area contributed by atoms with Gasteiger partial charge in [-0.25, -0.2) is 0 Å². The van der Waals surface area contributed by atoms with E-state index in [9.17, 15) is 18.0 Å². The van der Waals surface area contributed by atoms with Gasteiger partial charge in [-0.15, -0.1) is 0 Å². The molecular weight excluding hydrogens is 421 g/mol. The second kappa shape index (κ2) is 9.12. The van der Waals surface area contributed by atoms with Gasteiger partial charge in [0.15, 0.2) is 5.82 Å². The van der Waals surface area contributed by atoms with Gasteiger partial charge < -0.3 is 9.42 Å². The first-order valence-corrected chi connectivity index (χ1v) is 10.4. The molecule has 0 N–H and O–H groups in total. The van der Waals surface area contributed by atoms with E-state index in [1.807, 2.05) is 18.2 Å².